The molecule has 0 aliphatic carbocycles. The summed E-state index contributed by atoms with van der Waals surface area (Å²) < 4.78 is 0. The zero-order valence-corrected chi connectivity index (χ0v) is 40.4. The number of carbonyl (C=O) groups is 11. The zero-order chi connectivity index (χ0) is 52.9. The van der Waals surface area contributed by atoms with Gasteiger partial charge in [0.05, 0.1) is 25.7 Å². The molecule has 3 rings (SSSR count). The molecule has 0 bridgehead atoms. The van der Waals surface area contributed by atoms with E-state index in [1.54, 1.807) is 51.1 Å². The van der Waals surface area contributed by atoms with Crippen LogP contribution in [0.15, 0.2) is 30.3 Å². The molecule has 0 unspecified atom stereocenters. The van der Waals surface area contributed by atoms with Crippen LogP contribution in [0.4, 0.5) is 0 Å². The van der Waals surface area contributed by atoms with Crippen LogP contribution in [-0.2, 0) is 59.2 Å². The van der Waals surface area contributed by atoms with E-state index < -0.39 is 146 Å². The first-order valence-electron chi connectivity index (χ1n) is 23.7. The maximum absolute atomic E-state index is 14.4. The molecule has 1 aromatic rings. The van der Waals surface area contributed by atoms with Crippen molar-refractivity contribution >= 4 is 65.1 Å². The van der Waals surface area contributed by atoms with Crippen LogP contribution >= 0.6 is 0 Å². The van der Waals surface area contributed by atoms with E-state index in [1.165, 1.54) is 0 Å². The van der Waals surface area contributed by atoms with E-state index >= 15 is 0 Å². The van der Waals surface area contributed by atoms with E-state index in [1.807, 2.05) is 12.2 Å². The Morgan fingerprint density at radius 3 is 1.77 bits per heavy atom. The number of likely N-dealkylation sites (tertiary alicyclic amines) is 1. The van der Waals surface area contributed by atoms with Crippen molar-refractivity contribution in [2.75, 3.05) is 26.3 Å². The average molecular weight is 1000 g/mol. The molecule has 0 radical (unpaired) electrons. The summed E-state index contributed by atoms with van der Waals surface area (Å²) in [6.45, 7) is 5.83. The van der Waals surface area contributed by atoms with Gasteiger partial charge in [0.15, 0.2) is 0 Å². The highest BCUT2D eigenvalue weighted by Crippen LogP contribution is 2.21. The van der Waals surface area contributed by atoms with E-state index in [-0.39, 0.29) is 50.0 Å². The lowest BCUT2D eigenvalue weighted by atomic mass is 9.96. The van der Waals surface area contributed by atoms with Crippen molar-refractivity contribution in [1.82, 2.24) is 47.4 Å². The number of hydrogen-bond acceptors (Lipinski definition) is 14. The fourth-order valence-electron chi connectivity index (χ4n) is 8.06. The lowest BCUT2D eigenvalue weighted by Crippen LogP contribution is -2.62. The minimum Gasteiger partial charge on any atom is -0.481 e. The lowest BCUT2D eigenvalue weighted by Gasteiger charge is -2.31. The number of primary amides is 1. The second-order valence-electron chi connectivity index (χ2n) is 18.2. The Morgan fingerprint density at radius 2 is 1.25 bits per heavy atom. The number of carboxylic acid groups (broad SMARTS) is 2. The average Bonchev–Trinajstić information content (AvgIpc) is 4.06. The Balaban J connectivity index is 1.79. The smallest absolute Gasteiger partial charge is 0.326 e. The van der Waals surface area contributed by atoms with Gasteiger partial charge in [-0.3, -0.25) is 47.9 Å². The molecular weight excluding hydrogens is 933 g/mol. The van der Waals surface area contributed by atoms with E-state index in [0.717, 1.165) is 11.3 Å². The largest absolute Gasteiger partial charge is 0.481 e. The second kappa shape index (κ2) is 28.8. The zero-order valence-electron chi connectivity index (χ0n) is 40.4. The van der Waals surface area contributed by atoms with Gasteiger partial charge in [0, 0.05) is 19.4 Å². The lowest BCUT2D eigenvalue weighted by molar-refractivity contribution is -0.147. The predicted molar refractivity (Wildman–Crippen MR) is 251 cm³/mol. The fourth-order valence-corrected chi connectivity index (χ4v) is 8.06. The summed E-state index contributed by atoms with van der Waals surface area (Å²) in [6.07, 6.45) is 0.307. The molecule has 2 heterocycles. The number of aliphatic hydroxyl groups is 2. The molecule has 2 aliphatic rings. The van der Waals surface area contributed by atoms with Crippen LogP contribution in [0, 0.1) is 11.8 Å². The molecule has 2 aliphatic heterocycles. The van der Waals surface area contributed by atoms with E-state index in [4.69, 9.17) is 10.8 Å². The van der Waals surface area contributed by atoms with Gasteiger partial charge in [-0.1, -0.05) is 64.4 Å². The third-order valence-corrected chi connectivity index (χ3v) is 12.2. The summed E-state index contributed by atoms with van der Waals surface area (Å²) in [6, 6.07) is -4.02. The molecular formula is C46H70N10O15. The normalized spacial score (nSPS) is 18.8. The van der Waals surface area contributed by atoms with Crippen LogP contribution in [0.2, 0.25) is 0 Å². The van der Waals surface area contributed by atoms with Gasteiger partial charge in [-0.15, -0.1) is 0 Å². The highest BCUT2D eigenvalue weighted by Gasteiger charge is 2.41. The number of carbonyl (C=O) groups excluding carboxylic acids is 9. The molecule has 14 N–H and O–H groups in total. The molecule has 10 atom stereocenters. The number of aliphatic carboxylic acids is 2. The van der Waals surface area contributed by atoms with Crippen molar-refractivity contribution in [2.24, 2.45) is 17.6 Å². The van der Waals surface area contributed by atoms with E-state index in [0.29, 0.717) is 24.9 Å². The summed E-state index contributed by atoms with van der Waals surface area (Å²) in [5, 5.41) is 59.4. The number of nitrogens with zero attached hydrogens (tertiary/aromatic N) is 1. The van der Waals surface area contributed by atoms with Gasteiger partial charge < -0.3 is 73.6 Å². The Hall–Kier alpha value is -6.73. The van der Waals surface area contributed by atoms with Gasteiger partial charge >= 0.3 is 11.9 Å². The van der Waals surface area contributed by atoms with Gasteiger partial charge in [-0.2, -0.15) is 0 Å². The number of carboxylic acids is 2. The number of amides is 9. The van der Waals surface area contributed by atoms with Crippen LogP contribution in [0.3, 0.4) is 0 Å². The molecule has 0 saturated carbocycles. The van der Waals surface area contributed by atoms with Gasteiger partial charge in [0.2, 0.25) is 53.2 Å². The molecule has 25 heteroatoms. The molecule has 71 heavy (non-hydrogen) atoms. The second-order valence-corrected chi connectivity index (χ2v) is 18.2. The van der Waals surface area contributed by atoms with Crippen LogP contribution < -0.4 is 48.3 Å². The third-order valence-electron chi connectivity index (χ3n) is 12.2. The highest BCUT2D eigenvalue weighted by molar-refractivity contribution is 5.98. The fraction of sp³-hybridized carbons (Fsp3) is 0.630. The molecule has 25 nitrogen and oxygen atoms in total. The van der Waals surface area contributed by atoms with Gasteiger partial charge in [-0.25, -0.2) is 4.79 Å². The van der Waals surface area contributed by atoms with Crippen LogP contribution in [0.5, 0.6) is 0 Å². The molecule has 9 amide bonds. The number of rotatable bonds is 29. The van der Waals surface area contributed by atoms with Crippen LogP contribution in [0.25, 0.3) is 0 Å². The Kier molecular flexibility index (Phi) is 23.8. The van der Waals surface area contributed by atoms with Gasteiger partial charge in [0.25, 0.3) is 0 Å². The number of aliphatic hydroxyl groups excluding tert-OH is 2. The van der Waals surface area contributed by atoms with Gasteiger partial charge in [0.1, 0.15) is 48.3 Å². The molecule has 2 saturated heterocycles. The van der Waals surface area contributed by atoms with Crippen molar-refractivity contribution in [3.8, 4) is 0 Å². The standard InChI is InChI=1S/C46H70N10O15/c1-5-25(4)37(55-38(62)27-13-9-17-48-27)44(68)50-29(19-24(2)3)40(64)53-33(23-58)42(66)54-32(22-57)41(65)51-30(20-26-11-7-6-8-12-26)45(69)56-18-10-14-34(56)43(67)49-28(15-16-35(47)59)39(63)52-31(46(70)71)21-36(60)61/h6-8,11-12,24-25,27-34,37,48,57-58H,5,9-10,13-23H2,1-4H3,(H2,47,59)(H,49,67)(H,50,68)(H,51,65)(H,52,63)(H,53,64)(H,54,66)(H,55,62)(H,60,61)(H,70,71)/t25-,27-,28-,29-,30-,31-,32-,33-,34-,37-/m0/s1. The Morgan fingerprint density at radius 1 is 0.690 bits per heavy atom. The topological polar surface area (TPSA) is 394 Å². The first-order valence-corrected chi connectivity index (χ1v) is 23.7. The van der Waals surface area contributed by atoms with Crippen molar-refractivity contribution in [1.29, 1.82) is 0 Å². The summed E-state index contributed by atoms with van der Waals surface area (Å²) in [5.41, 5.74) is 5.80. The SMILES string of the molecule is CC[C@H](C)[C@H](NC(=O)[C@@H]1CCCN1)C(=O)N[C@@H](CC(C)C)C(=O)N[C@@H](CO)C(=O)N[C@@H](CO)C(=O)N[C@@H](Cc1ccccc1)C(=O)N1CCC[C@H]1C(=O)N[C@@H](CCC(N)=O)C(=O)N[C@@H](CC(=O)O)C(=O)O. The van der Waals surface area contributed by atoms with E-state index in [2.05, 4.69) is 37.2 Å². The van der Waals surface area contributed by atoms with Crippen LogP contribution in [-0.4, -0.2) is 171 Å². The van der Waals surface area contributed by atoms with Crippen molar-refractivity contribution in [3.05, 3.63) is 35.9 Å². The summed E-state index contributed by atoms with van der Waals surface area (Å²) in [7, 11) is 0. The monoisotopic (exact) mass is 1000 g/mol. The Labute approximate surface area is 410 Å². The molecule has 394 valence electrons. The number of nitrogens with two attached hydrogens (primary N) is 1. The summed E-state index contributed by atoms with van der Waals surface area (Å²) in [4.78, 5) is 145. The minimum atomic E-state index is -1.89. The quantitative estimate of drug-likeness (QED) is 0.0367. The number of nitrogens with one attached hydrogen (secondary N) is 8. The predicted octanol–water partition coefficient (Wildman–Crippen LogP) is -3.73. The van der Waals surface area contributed by atoms with Crippen molar-refractivity contribution in [2.45, 2.75) is 146 Å². The third kappa shape index (κ3) is 18.5. The molecule has 0 aromatic heterocycles. The van der Waals surface area contributed by atoms with Crippen molar-refractivity contribution in [3.63, 3.8) is 0 Å². The van der Waals surface area contributed by atoms with Gasteiger partial charge in [-0.05, 0) is 62.5 Å². The molecule has 2 fully saturated rings. The number of benzene rings is 1. The van der Waals surface area contributed by atoms with E-state index in [9.17, 15) is 68.1 Å². The highest BCUT2D eigenvalue weighted by atomic mass is 16.4. The first-order chi connectivity index (χ1) is 33.6. The maximum atomic E-state index is 14.4. The molecule has 0 spiro atoms. The summed E-state index contributed by atoms with van der Waals surface area (Å²) >= 11 is 0. The maximum Gasteiger partial charge on any atom is 0.326 e. The number of hydrogen-bond donors (Lipinski definition) is 13. The van der Waals surface area contributed by atoms with Crippen LogP contribution in [0.1, 0.15) is 91.0 Å². The summed E-state index contributed by atoms with van der Waals surface area (Å²) in [5.74, 6) is -11.4. The molecule has 1 aromatic carbocycles. The Bertz CT molecular complexity index is 2050. The van der Waals surface area contributed by atoms with Crippen molar-refractivity contribution < 1.29 is 73.2 Å². The first kappa shape index (κ1) is 58.6. The minimum absolute atomic E-state index is 0.0168.